The predicted octanol–water partition coefficient (Wildman–Crippen LogP) is 1.85. The molecule has 0 saturated carbocycles. The number of fused-ring (bicyclic) bond motifs is 6. The molecule has 0 saturated heterocycles. The van der Waals surface area contributed by atoms with Crippen molar-refractivity contribution < 1.29 is 9.53 Å². The molecule has 1 atom stereocenters. The van der Waals surface area contributed by atoms with Crippen molar-refractivity contribution in [3.63, 3.8) is 0 Å². The minimum absolute atomic E-state index is 0.0341. The number of nitrogens with two attached hydrogens (primary N) is 1. The Bertz CT molecular complexity index is 1300. The smallest absolute Gasteiger partial charge is 0.291 e. The first-order chi connectivity index (χ1) is 13.1. The number of hydrogen-bond donors (Lipinski definition) is 3. The van der Waals surface area contributed by atoms with Crippen molar-refractivity contribution >= 4 is 22.5 Å². The number of ether oxygens (including phenoxy) is 1. The van der Waals surface area contributed by atoms with Gasteiger partial charge in [0.25, 0.3) is 5.56 Å². The summed E-state index contributed by atoms with van der Waals surface area (Å²) < 4.78 is 5.54. The Morgan fingerprint density at radius 3 is 2.63 bits per heavy atom. The van der Waals surface area contributed by atoms with E-state index < -0.39 is 16.9 Å². The molecule has 5 rings (SSSR count). The number of hydrogen-bond acceptors (Lipinski definition) is 5. The number of para-hydroxylation sites is 2. The van der Waals surface area contributed by atoms with Gasteiger partial charge in [-0.15, -0.1) is 0 Å². The minimum Gasteiger partial charge on any atom is -0.434 e. The molecule has 2 aliphatic heterocycles. The van der Waals surface area contributed by atoms with Gasteiger partial charge in [0, 0.05) is 27.7 Å². The number of carbonyl (C=O) groups excluding carboxylic acids is 1. The van der Waals surface area contributed by atoms with Crippen LogP contribution < -0.4 is 21.3 Å². The van der Waals surface area contributed by atoms with Crippen LogP contribution in [-0.4, -0.2) is 10.9 Å². The zero-order valence-electron chi connectivity index (χ0n) is 13.9. The van der Waals surface area contributed by atoms with Gasteiger partial charge in [-0.05, 0) is 12.1 Å². The molecule has 0 radical (unpaired) electrons. The quantitative estimate of drug-likeness (QED) is 0.568. The fraction of sp³-hybridized carbons (Fsp3) is 0.0500. The molecule has 4 N–H and O–H groups in total. The van der Waals surface area contributed by atoms with Crippen molar-refractivity contribution in [1.29, 1.82) is 5.26 Å². The fourth-order valence-corrected chi connectivity index (χ4v) is 4.06. The molecule has 7 heteroatoms. The lowest BCUT2D eigenvalue weighted by molar-refractivity contribution is -0.118. The van der Waals surface area contributed by atoms with E-state index in [9.17, 15) is 14.9 Å². The summed E-state index contributed by atoms with van der Waals surface area (Å²) in [6, 6.07) is 16.2. The molecule has 2 aromatic carbocycles. The van der Waals surface area contributed by atoms with Crippen molar-refractivity contribution in [2.45, 2.75) is 5.41 Å². The normalized spacial score (nSPS) is 20.0. The standard InChI is InChI=1S/C20H12N4O3/c21-9-12-17(22)27-16-15(10-5-1-3-7-13(10)23-18(16)25)20(12)11-6-2-4-8-14(11)24-19(20)26/h1-8H,22H2,(H,23,25)(H,24,26). The second-order valence-corrected chi connectivity index (χ2v) is 6.41. The second-order valence-electron chi connectivity index (χ2n) is 6.41. The van der Waals surface area contributed by atoms with Crippen LogP contribution in [0.2, 0.25) is 0 Å². The molecule has 1 amide bonds. The average Bonchev–Trinajstić information content (AvgIpc) is 2.95. The van der Waals surface area contributed by atoms with E-state index in [0.29, 0.717) is 27.7 Å². The van der Waals surface area contributed by atoms with Crippen molar-refractivity contribution in [1.82, 2.24) is 4.98 Å². The van der Waals surface area contributed by atoms with Crippen LogP contribution >= 0.6 is 0 Å². The van der Waals surface area contributed by atoms with E-state index in [2.05, 4.69) is 10.3 Å². The van der Waals surface area contributed by atoms with E-state index in [1.165, 1.54) is 0 Å². The van der Waals surface area contributed by atoms with E-state index in [4.69, 9.17) is 10.5 Å². The SMILES string of the molecule is N#CC1=C(N)Oc2c(c3ccccc3[nH]c2=O)C12C(=O)Nc1ccccc12. The highest BCUT2D eigenvalue weighted by molar-refractivity contribution is 6.14. The van der Waals surface area contributed by atoms with Crippen molar-refractivity contribution in [2.75, 3.05) is 5.32 Å². The molecular weight excluding hydrogens is 344 g/mol. The van der Waals surface area contributed by atoms with Crippen molar-refractivity contribution in [2.24, 2.45) is 5.73 Å². The molecule has 0 bridgehead atoms. The zero-order chi connectivity index (χ0) is 18.8. The molecule has 3 aromatic rings. The van der Waals surface area contributed by atoms with Crippen LogP contribution in [0.3, 0.4) is 0 Å². The number of aromatic amines is 1. The van der Waals surface area contributed by atoms with E-state index in [1.54, 1.807) is 48.5 Å². The average molecular weight is 356 g/mol. The van der Waals surface area contributed by atoms with Gasteiger partial charge in [-0.25, -0.2) is 0 Å². The summed E-state index contributed by atoms with van der Waals surface area (Å²) in [7, 11) is 0. The summed E-state index contributed by atoms with van der Waals surface area (Å²) in [5.41, 5.74) is 5.90. The van der Waals surface area contributed by atoms with Crippen LogP contribution in [0.25, 0.3) is 10.9 Å². The Kier molecular flexibility index (Phi) is 2.81. The van der Waals surface area contributed by atoms with Gasteiger partial charge in [-0.3, -0.25) is 9.59 Å². The molecule has 3 heterocycles. The number of aromatic nitrogens is 1. The van der Waals surface area contributed by atoms with Gasteiger partial charge in [0.15, 0.2) is 5.75 Å². The van der Waals surface area contributed by atoms with E-state index >= 15 is 0 Å². The predicted molar refractivity (Wildman–Crippen MR) is 97.9 cm³/mol. The lowest BCUT2D eigenvalue weighted by atomic mass is 9.68. The first-order valence-corrected chi connectivity index (χ1v) is 8.23. The number of benzene rings is 2. The summed E-state index contributed by atoms with van der Waals surface area (Å²) >= 11 is 0. The summed E-state index contributed by atoms with van der Waals surface area (Å²) in [5, 5.41) is 13.3. The van der Waals surface area contributed by atoms with Crippen LogP contribution in [-0.2, 0) is 10.2 Å². The first kappa shape index (κ1) is 15.2. The van der Waals surface area contributed by atoms with Crippen LogP contribution in [0.4, 0.5) is 5.69 Å². The molecule has 1 unspecified atom stereocenters. The molecule has 1 spiro atoms. The zero-order valence-corrected chi connectivity index (χ0v) is 13.9. The third kappa shape index (κ3) is 1.69. The number of H-pyrrole nitrogens is 1. The van der Waals surface area contributed by atoms with Crippen LogP contribution in [0.15, 0.2) is 64.8 Å². The Morgan fingerprint density at radius 2 is 1.81 bits per heavy atom. The molecule has 0 aliphatic carbocycles. The summed E-state index contributed by atoms with van der Waals surface area (Å²) in [4.78, 5) is 28.8. The van der Waals surface area contributed by atoms with Crippen LogP contribution in [0, 0.1) is 11.3 Å². The number of carbonyl (C=O) groups is 1. The Labute approximate surface area is 152 Å². The maximum atomic E-state index is 13.3. The highest BCUT2D eigenvalue weighted by atomic mass is 16.5. The molecule has 130 valence electrons. The molecule has 1 aromatic heterocycles. The molecule has 27 heavy (non-hydrogen) atoms. The van der Waals surface area contributed by atoms with Crippen LogP contribution in [0.5, 0.6) is 5.75 Å². The highest BCUT2D eigenvalue weighted by Gasteiger charge is 2.57. The molecule has 2 aliphatic rings. The maximum Gasteiger partial charge on any atom is 0.291 e. The Hall–Kier alpha value is -4.05. The lowest BCUT2D eigenvalue weighted by Crippen LogP contribution is -2.44. The number of pyridine rings is 1. The van der Waals surface area contributed by atoms with Gasteiger partial charge in [0.05, 0.1) is 0 Å². The largest absolute Gasteiger partial charge is 0.434 e. The number of amides is 1. The topological polar surface area (TPSA) is 121 Å². The van der Waals surface area contributed by atoms with E-state index in [1.807, 2.05) is 6.07 Å². The van der Waals surface area contributed by atoms with Gasteiger partial charge < -0.3 is 20.8 Å². The molecular formula is C20H12N4O3. The van der Waals surface area contributed by atoms with Gasteiger partial charge >= 0.3 is 0 Å². The molecule has 0 fully saturated rings. The summed E-state index contributed by atoms with van der Waals surface area (Å²) in [6.45, 7) is 0. The number of anilines is 1. The van der Waals surface area contributed by atoms with Gasteiger partial charge in [0.1, 0.15) is 17.1 Å². The minimum atomic E-state index is -1.54. The Balaban J connectivity index is 2.06. The first-order valence-electron chi connectivity index (χ1n) is 8.23. The monoisotopic (exact) mass is 356 g/mol. The lowest BCUT2D eigenvalue weighted by Gasteiger charge is -2.34. The third-order valence-electron chi connectivity index (χ3n) is 5.12. The van der Waals surface area contributed by atoms with E-state index in [-0.39, 0.29) is 17.2 Å². The second kappa shape index (κ2) is 4.99. The number of nitrogens with one attached hydrogen (secondary N) is 2. The Morgan fingerprint density at radius 1 is 1.07 bits per heavy atom. The van der Waals surface area contributed by atoms with Gasteiger partial charge in [-0.2, -0.15) is 5.26 Å². The summed E-state index contributed by atoms with van der Waals surface area (Å²) in [6.07, 6.45) is 0. The van der Waals surface area contributed by atoms with Crippen LogP contribution in [0.1, 0.15) is 11.1 Å². The van der Waals surface area contributed by atoms with Crippen molar-refractivity contribution in [3.05, 3.63) is 81.5 Å². The van der Waals surface area contributed by atoms with Gasteiger partial charge in [0.2, 0.25) is 11.8 Å². The maximum absolute atomic E-state index is 13.3. The molecule has 7 nitrogen and oxygen atoms in total. The third-order valence-corrected chi connectivity index (χ3v) is 5.12. The number of rotatable bonds is 0. The number of nitrogens with zero attached hydrogens (tertiary/aromatic N) is 1. The van der Waals surface area contributed by atoms with Crippen molar-refractivity contribution in [3.8, 4) is 11.8 Å². The summed E-state index contributed by atoms with van der Waals surface area (Å²) in [5.74, 6) is -0.766. The fourth-order valence-electron chi connectivity index (χ4n) is 4.06. The van der Waals surface area contributed by atoms with E-state index in [0.717, 1.165) is 0 Å². The van der Waals surface area contributed by atoms with Gasteiger partial charge in [-0.1, -0.05) is 36.4 Å². The number of nitriles is 1. The highest BCUT2D eigenvalue weighted by Crippen LogP contribution is 2.53.